The summed E-state index contributed by atoms with van der Waals surface area (Å²) in [4.78, 5) is 22.8. The fraction of sp³-hybridized carbons (Fsp3) is 0.240. The number of benzene rings is 1. The van der Waals surface area contributed by atoms with Crippen LogP contribution in [0, 0.1) is 0 Å². The van der Waals surface area contributed by atoms with Crippen LogP contribution in [0.2, 0.25) is 0 Å². The fourth-order valence-electron chi connectivity index (χ4n) is 4.69. The molecule has 1 saturated heterocycles. The second-order valence-corrected chi connectivity index (χ2v) is 10.1. The van der Waals surface area contributed by atoms with Gasteiger partial charge in [-0.3, -0.25) is 9.89 Å². The van der Waals surface area contributed by atoms with E-state index in [9.17, 15) is 18.0 Å². The molecule has 3 N–H and O–H groups in total. The molecule has 10 nitrogen and oxygen atoms in total. The van der Waals surface area contributed by atoms with Crippen molar-refractivity contribution in [2.24, 2.45) is 0 Å². The van der Waals surface area contributed by atoms with Gasteiger partial charge in [0, 0.05) is 42.1 Å². The van der Waals surface area contributed by atoms with E-state index in [4.69, 9.17) is 4.98 Å². The smallest absolute Gasteiger partial charge is 0.348 e. The summed E-state index contributed by atoms with van der Waals surface area (Å²) >= 11 is 1.54. The summed E-state index contributed by atoms with van der Waals surface area (Å²) in [5.41, 5.74) is 0.854. The number of amides is 1. The SMILES string of the molecule is C=CC(=O)Nc1ccc2sc(N3CCC[C@@H](Nc4nc5ccc(-c6cn[nH]c6)c(C(F)(F)F)n5n4)C3)nc2c1. The number of carbonyl (C=O) groups is 1. The number of aromatic amines is 1. The van der Waals surface area contributed by atoms with Crippen molar-refractivity contribution >= 4 is 49.9 Å². The predicted molar refractivity (Wildman–Crippen MR) is 143 cm³/mol. The third-order valence-corrected chi connectivity index (χ3v) is 7.53. The number of fused-ring (bicyclic) bond motifs is 2. The summed E-state index contributed by atoms with van der Waals surface area (Å²) in [6.07, 6.45) is 0.964. The molecule has 6 rings (SSSR count). The number of hydrogen-bond donors (Lipinski definition) is 3. The van der Waals surface area contributed by atoms with Crippen molar-refractivity contribution < 1.29 is 18.0 Å². The van der Waals surface area contributed by atoms with Crippen LogP contribution in [0.4, 0.5) is 29.9 Å². The molecule has 5 heterocycles. The molecule has 5 aromatic rings. The van der Waals surface area contributed by atoms with Crippen molar-refractivity contribution in [2.45, 2.75) is 25.1 Å². The average Bonchev–Trinajstić information content (AvgIpc) is 3.66. The highest BCUT2D eigenvalue weighted by atomic mass is 32.1. The maximum Gasteiger partial charge on any atom is 0.434 e. The lowest BCUT2D eigenvalue weighted by molar-refractivity contribution is -0.142. The van der Waals surface area contributed by atoms with Crippen molar-refractivity contribution in [3.8, 4) is 11.1 Å². The van der Waals surface area contributed by atoms with Gasteiger partial charge in [0.1, 0.15) is 0 Å². The van der Waals surface area contributed by atoms with E-state index in [1.807, 2.05) is 18.2 Å². The summed E-state index contributed by atoms with van der Waals surface area (Å²) in [6.45, 7) is 4.84. The maximum atomic E-state index is 14.1. The molecule has 0 spiro atoms. The van der Waals surface area contributed by atoms with Crippen LogP contribution in [0.3, 0.4) is 0 Å². The lowest BCUT2D eigenvalue weighted by Gasteiger charge is -2.32. The number of nitrogens with zero attached hydrogens (tertiary/aromatic N) is 6. The van der Waals surface area contributed by atoms with E-state index in [1.54, 1.807) is 11.3 Å². The van der Waals surface area contributed by atoms with E-state index < -0.39 is 11.9 Å². The Bertz CT molecular complexity index is 1680. The molecule has 1 amide bonds. The number of hydrogen-bond acceptors (Lipinski definition) is 8. The van der Waals surface area contributed by atoms with Crippen molar-refractivity contribution in [1.29, 1.82) is 0 Å². The van der Waals surface area contributed by atoms with Gasteiger partial charge in [-0.15, -0.1) is 5.10 Å². The van der Waals surface area contributed by atoms with E-state index in [1.165, 1.54) is 30.6 Å². The largest absolute Gasteiger partial charge is 0.434 e. The van der Waals surface area contributed by atoms with Gasteiger partial charge in [-0.2, -0.15) is 23.3 Å². The Morgan fingerprint density at radius 1 is 1.23 bits per heavy atom. The number of alkyl halides is 3. The Morgan fingerprint density at radius 2 is 2.10 bits per heavy atom. The molecule has 0 saturated carbocycles. The van der Waals surface area contributed by atoms with Crippen LogP contribution in [0.1, 0.15) is 18.5 Å². The average molecular weight is 554 g/mol. The normalized spacial score (nSPS) is 16.1. The molecule has 14 heteroatoms. The monoisotopic (exact) mass is 553 g/mol. The summed E-state index contributed by atoms with van der Waals surface area (Å²) in [6, 6.07) is 8.34. The first-order valence-electron chi connectivity index (χ1n) is 12.1. The van der Waals surface area contributed by atoms with Gasteiger partial charge in [-0.05, 0) is 49.2 Å². The van der Waals surface area contributed by atoms with Crippen molar-refractivity contribution in [3.63, 3.8) is 0 Å². The fourth-order valence-corrected chi connectivity index (χ4v) is 5.67. The van der Waals surface area contributed by atoms with E-state index in [-0.39, 0.29) is 29.1 Å². The van der Waals surface area contributed by atoms with Crippen LogP contribution >= 0.6 is 11.3 Å². The second kappa shape index (κ2) is 9.69. The highest BCUT2D eigenvalue weighted by molar-refractivity contribution is 7.22. The quantitative estimate of drug-likeness (QED) is 0.255. The number of carbonyl (C=O) groups excluding carboxylic acids is 1. The zero-order chi connectivity index (χ0) is 27.1. The Hall–Kier alpha value is -4.46. The molecule has 0 radical (unpaired) electrons. The number of piperidine rings is 1. The number of halogens is 3. The molecule has 200 valence electrons. The summed E-state index contributed by atoms with van der Waals surface area (Å²) in [5, 5.41) is 17.3. The minimum Gasteiger partial charge on any atom is -0.348 e. The number of thiazole rings is 1. The molecule has 0 bridgehead atoms. The van der Waals surface area contributed by atoms with Crippen molar-refractivity contribution in [2.75, 3.05) is 28.6 Å². The maximum absolute atomic E-state index is 14.1. The molecule has 4 aromatic heterocycles. The highest BCUT2D eigenvalue weighted by Gasteiger charge is 2.38. The first-order chi connectivity index (χ1) is 18.8. The van der Waals surface area contributed by atoms with E-state index in [2.05, 4.69) is 42.4 Å². The molecular formula is C25H22F3N9OS. The van der Waals surface area contributed by atoms with Gasteiger partial charge >= 0.3 is 6.18 Å². The van der Waals surface area contributed by atoms with Crippen LogP contribution in [-0.4, -0.2) is 54.8 Å². The van der Waals surface area contributed by atoms with Crippen LogP contribution in [0.15, 0.2) is 55.4 Å². The van der Waals surface area contributed by atoms with Crippen LogP contribution in [0.5, 0.6) is 0 Å². The highest BCUT2D eigenvalue weighted by Crippen LogP contribution is 2.37. The minimum atomic E-state index is -4.65. The van der Waals surface area contributed by atoms with E-state index >= 15 is 0 Å². The van der Waals surface area contributed by atoms with Crippen molar-refractivity contribution in [3.05, 3.63) is 61.1 Å². The lowest BCUT2D eigenvalue weighted by Crippen LogP contribution is -2.42. The van der Waals surface area contributed by atoms with Gasteiger partial charge < -0.3 is 15.5 Å². The topological polar surface area (TPSA) is 116 Å². The third-order valence-electron chi connectivity index (χ3n) is 6.43. The van der Waals surface area contributed by atoms with Gasteiger partial charge in [0.25, 0.3) is 0 Å². The molecule has 1 aliphatic heterocycles. The molecule has 1 fully saturated rings. The van der Waals surface area contributed by atoms with Crippen LogP contribution < -0.4 is 15.5 Å². The standard InChI is InChI=1S/C25H22F3N9OS/c1-2-21(38)31-15-5-7-19-18(10-15)33-24(39-19)36-9-3-4-16(13-36)32-23-34-20-8-6-17(14-11-29-30-12-14)22(25(26,27)28)37(20)35-23/h2,5-8,10-12,16H,1,3-4,9,13H2,(H,29,30)(H,31,38)(H,32,35)/t16-/m1/s1. The molecule has 39 heavy (non-hydrogen) atoms. The summed E-state index contributed by atoms with van der Waals surface area (Å²) in [7, 11) is 0. The van der Waals surface area contributed by atoms with Gasteiger partial charge in [0.15, 0.2) is 16.5 Å². The van der Waals surface area contributed by atoms with Gasteiger partial charge in [0.2, 0.25) is 11.9 Å². The van der Waals surface area contributed by atoms with Crippen molar-refractivity contribution in [1.82, 2.24) is 29.8 Å². The Labute approximate surface area is 223 Å². The minimum absolute atomic E-state index is 0.0351. The van der Waals surface area contributed by atoms with Gasteiger partial charge in [-0.25, -0.2) is 9.50 Å². The summed E-state index contributed by atoms with van der Waals surface area (Å²) < 4.78 is 44.1. The number of anilines is 3. The molecular weight excluding hydrogens is 531 g/mol. The summed E-state index contributed by atoms with van der Waals surface area (Å²) in [5.74, 6) is -0.168. The van der Waals surface area contributed by atoms with Gasteiger partial charge in [-0.1, -0.05) is 17.9 Å². The predicted octanol–water partition coefficient (Wildman–Crippen LogP) is 4.95. The van der Waals surface area contributed by atoms with E-state index in [0.717, 1.165) is 39.2 Å². The van der Waals surface area contributed by atoms with Crippen LogP contribution in [0.25, 0.3) is 27.0 Å². The van der Waals surface area contributed by atoms with E-state index in [0.29, 0.717) is 17.8 Å². The Kier molecular flexibility index (Phi) is 6.17. The Morgan fingerprint density at radius 3 is 2.87 bits per heavy atom. The molecule has 1 atom stereocenters. The third kappa shape index (κ3) is 4.90. The number of nitrogens with one attached hydrogen (secondary N) is 3. The number of pyridine rings is 1. The van der Waals surface area contributed by atoms with Crippen LogP contribution in [-0.2, 0) is 11.0 Å². The first-order valence-corrected chi connectivity index (χ1v) is 12.9. The lowest BCUT2D eigenvalue weighted by atomic mass is 10.1. The molecule has 1 aliphatic rings. The molecule has 1 aromatic carbocycles. The van der Waals surface area contributed by atoms with Gasteiger partial charge in [0.05, 0.1) is 16.4 Å². The number of rotatable bonds is 6. The molecule has 0 unspecified atom stereocenters. The molecule has 0 aliphatic carbocycles. The Balaban J connectivity index is 1.23. The number of aromatic nitrogens is 6. The zero-order valence-corrected chi connectivity index (χ0v) is 21.2. The first kappa shape index (κ1) is 24.9. The zero-order valence-electron chi connectivity index (χ0n) is 20.4. The second-order valence-electron chi connectivity index (χ2n) is 9.09. The number of H-pyrrole nitrogens is 1.